The Bertz CT molecular complexity index is 500. The summed E-state index contributed by atoms with van der Waals surface area (Å²) in [6.45, 7) is 4.46. The molecule has 2 heterocycles. The molecule has 0 aliphatic carbocycles. The fraction of sp³-hybridized carbons (Fsp3) is 0.364. The first kappa shape index (κ1) is 11.4. The van der Waals surface area contributed by atoms with Crippen molar-refractivity contribution in [3.8, 4) is 0 Å². The third-order valence-corrected chi connectivity index (χ3v) is 2.67. The van der Waals surface area contributed by atoms with E-state index in [0.29, 0.717) is 18.8 Å². The molecule has 0 radical (unpaired) electrons. The Morgan fingerprint density at radius 1 is 1.53 bits per heavy atom. The molecule has 1 amide bonds. The highest BCUT2D eigenvalue weighted by molar-refractivity contribution is 5.90. The fourth-order valence-corrected chi connectivity index (χ4v) is 1.45. The maximum Gasteiger partial charge on any atom is 0.227 e. The van der Waals surface area contributed by atoms with E-state index in [0.717, 1.165) is 11.3 Å². The van der Waals surface area contributed by atoms with Gasteiger partial charge < -0.3 is 9.88 Å². The van der Waals surface area contributed by atoms with Gasteiger partial charge in [0.25, 0.3) is 0 Å². The molecule has 0 atom stereocenters. The Morgan fingerprint density at radius 3 is 2.94 bits per heavy atom. The van der Waals surface area contributed by atoms with Gasteiger partial charge in [0.2, 0.25) is 5.91 Å². The van der Waals surface area contributed by atoms with Gasteiger partial charge in [-0.1, -0.05) is 0 Å². The van der Waals surface area contributed by atoms with Gasteiger partial charge in [0.05, 0.1) is 6.33 Å². The van der Waals surface area contributed by atoms with Crippen LogP contribution in [0.15, 0.2) is 18.7 Å². The molecule has 0 saturated carbocycles. The zero-order valence-electron chi connectivity index (χ0n) is 9.90. The van der Waals surface area contributed by atoms with Gasteiger partial charge in [0.1, 0.15) is 0 Å². The smallest absolute Gasteiger partial charge is 0.227 e. The number of amides is 1. The Balaban J connectivity index is 1.87. The molecule has 90 valence electrons. The zero-order valence-corrected chi connectivity index (χ0v) is 9.90. The minimum Gasteiger partial charge on any atom is -0.337 e. The van der Waals surface area contributed by atoms with Crippen LogP contribution in [0.2, 0.25) is 0 Å². The molecule has 0 aliphatic heterocycles. The average Bonchev–Trinajstić information content (AvgIpc) is 2.92. The van der Waals surface area contributed by atoms with Gasteiger partial charge in [-0.25, -0.2) is 4.98 Å². The van der Waals surface area contributed by atoms with Crippen LogP contribution in [0.1, 0.15) is 17.7 Å². The van der Waals surface area contributed by atoms with Crippen LogP contribution in [-0.2, 0) is 11.3 Å². The number of carbonyl (C=O) groups excluding carboxylic acids is 1. The molecule has 0 spiro atoms. The van der Waals surface area contributed by atoms with Crippen molar-refractivity contribution < 1.29 is 4.79 Å². The quantitative estimate of drug-likeness (QED) is 0.834. The van der Waals surface area contributed by atoms with E-state index in [-0.39, 0.29) is 5.91 Å². The molecular weight excluding hydrogens is 218 g/mol. The molecule has 17 heavy (non-hydrogen) atoms. The number of rotatable bonds is 4. The van der Waals surface area contributed by atoms with Gasteiger partial charge in [0.15, 0.2) is 5.82 Å². The van der Waals surface area contributed by atoms with E-state index in [9.17, 15) is 4.79 Å². The maximum atomic E-state index is 11.7. The average molecular weight is 233 g/mol. The van der Waals surface area contributed by atoms with Crippen LogP contribution in [-0.4, -0.2) is 25.7 Å². The zero-order chi connectivity index (χ0) is 12.3. The van der Waals surface area contributed by atoms with Crippen molar-refractivity contribution in [2.24, 2.45) is 0 Å². The van der Waals surface area contributed by atoms with E-state index in [4.69, 9.17) is 0 Å². The molecule has 2 aromatic rings. The molecule has 6 nitrogen and oxygen atoms in total. The summed E-state index contributed by atoms with van der Waals surface area (Å²) in [6.07, 6.45) is 5.62. The number of hydrogen-bond acceptors (Lipinski definition) is 3. The molecule has 0 aliphatic rings. The van der Waals surface area contributed by atoms with Gasteiger partial charge in [0, 0.05) is 36.6 Å². The van der Waals surface area contributed by atoms with Crippen molar-refractivity contribution in [2.45, 2.75) is 26.8 Å². The van der Waals surface area contributed by atoms with E-state index in [2.05, 4.69) is 20.5 Å². The second-order valence-corrected chi connectivity index (χ2v) is 3.92. The molecule has 0 unspecified atom stereocenters. The lowest BCUT2D eigenvalue weighted by atomic mass is 10.3. The Morgan fingerprint density at radius 2 is 2.35 bits per heavy atom. The number of carbonyl (C=O) groups is 1. The first-order valence-corrected chi connectivity index (χ1v) is 5.44. The highest BCUT2D eigenvalue weighted by Gasteiger charge is 2.09. The molecule has 2 aromatic heterocycles. The summed E-state index contributed by atoms with van der Waals surface area (Å²) in [7, 11) is 0. The summed E-state index contributed by atoms with van der Waals surface area (Å²) in [5.74, 6) is 0.562. The largest absolute Gasteiger partial charge is 0.337 e. The second kappa shape index (κ2) is 4.82. The van der Waals surface area contributed by atoms with Crippen molar-refractivity contribution in [3.63, 3.8) is 0 Å². The van der Waals surface area contributed by atoms with E-state index in [1.165, 1.54) is 0 Å². The molecule has 0 aromatic carbocycles. The predicted octanol–water partition coefficient (Wildman–Crippen LogP) is 1.25. The van der Waals surface area contributed by atoms with Crippen molar-refractivity contribution in [1.82, 2.24) is 19.7 Å². The lowest BCUT2D eigenvalue weighted by molar-refractivity contribution is -0.116. The van der Waals surface area contributed by atoms with Gasteiger partial charge in [-0.2, -0.15) is 5.10 Å². The van der Waals surface area contributed by atoms with Crippen LogP contribution in [0.25, 0.3) is 0 Å². The van der Waals surface area contributed by atoms with Gasteiger partial charge in [-0.05, 0) is 13.8 Å². The first-order chi connectivity index (χ1) is 8.16. The van der Waals surface area contributed by atoms with E-state index >= 15 is 0 Å². The highest BCUT2D eigenvalue weighted by atomic mass is 16.1. The summed E-state index contributed by atoms with van der Waals surface area (Å²) in [4.78, 5) is 15.6. The number of aromatic nitrogens is 4. The lowest BCUT2D eigenvalue weighted by Crippen LogP contribution is -2.14. The van der Waals surface area contributed by atoms with Gasteiger partial charge in [-0.15, -0.1) is 0 Å². The molecule has 0 saturated heterocycles. The fourth-order valence-electron chi connectivity index (χ4n) is 1.45. The number of anilines is 1. The number of nitrogens with one attached hydrogen (secondary N) is 2. The van der Waals surface area contributed by atoms with E-state index < -0.39 is 0 Å². The van der Waals surface area contributed by atoms with Gasteiger partial charge >= 0.3 is 0 Å². The second-order valence-electron chi connectivity index (χ2n) is 3.92. The Kier molecular flexibility index (Phi) is 3.22. The topological polar surface area (TPSA) is 75.6 Å². The van der Waals surface area contributed by atoms with Crippen molar-refractivity contribution in [1.29, 1.82) is 0 Å². The van der Waals surface area contributed by atoms with Crippen molar-refractivity contribution >= 4 is 11.7 Å². The summed E-state index contributed by atoms with van der Waals surface area (Å²) in [5.41, 5.74) is 1.94. The van der Waals surface area contributed by atoms with Crippen LogP contribution < -0.4 is 5.32 Å². The van der Waals surface area contributed by atoms with Crippen LogP contribution >= 0.6 is 0 Å². The number of imidazole rings is 1. The summed E-state index contributed by atoms with van der Waals surface area (Å²) in [5, 5.41) is 9.63. The van der Waals surface area contributed by atoms with Crippen LogP contribution in [0.4, 0.5) is 5.82 Å². The Hall–Kier alpha value is -2.11. The molecule has 2 rings (SSSR count). The minimum absolute atomic E-state index is 0.0479. The number of aryl methyl sites for hydroxylation is 2. The van der Waals surface area contributed by atoms with Crippen molar-refractivity contribution in [3.05, 3.63) is 30.0 Å². The molecule has 2 N–H and O–H groups in total. The standard InChI is InChI=1S/C11H15N5O/c1-8-9(2)14-15-11(8)13-10(17)3-5-16-6-4-12-7-16/h4,6-7H,3,5H2,1-2H3,(H2,13,14,15,17). The van der Waals surface area contributed by atoms with Gasteiger partial charge in [-0.3, -0.25) is 9.89 Å². The van der Waals surface area contributed by atoms with Crippen LogP contribution in [0.3, 0.4) is 0 Å². The number of nitrogens with zero attached hydrogens (tertiary/aromatic N) is 3. The Labute approximate surface area is 99.1 Å². The molecular formula is C11H15N5O. The van der Waals surface area contributed by atoms with Crippen molar-refractivity contribution in [2.75, 3.05) is 5.32 Å². The minimum atomic E-state index is -0.0479. The number of hydrogen-bond donors (Lipinski definition) is 2. The summed E-state index contributed by atoms with van der Waals surface area (Å²) < 4.78 is 1.86. The highest BCUT2D eigenvalue weighted by Crippen LogP contribution is 2.13. The predicted molar refractivity (Wildman–Crippen MR) is 63.5 cm³/mol. The monoisotopic (exact) mass is 233 g/mol. The third-order valence-electron chi connectivity index (χ3n) is 2.67. The first-order valence-electron chi connectivity index (χ1n) is 5.44. The van der Waals surface area contributed by atoms with Crippen LogP contribution in [0, 0.1) is 13.8 Å². The normalized spacial score (nSPS) is 10.5. The molecule has 6 heteroatoms. The van der Waals surface area contributed by atoms with E-state index in [1.807, 2.05) is 24.6 Å². The lowest BCUT2D eigenvalue weighted by Gasteiger charge is -2.03. The number of aromatic amines is 1. The molecule has 0 fully saturated rings. The van der Waals surface area contributed by atoms with E-state index in [1.54, 1.807) is 12.5 Å². The van der Waals surface area contributed by atoms with Crippen LogP contribution in [0.5, 0.6) is 0 Å². The SMILES string of the molecule is Cc1[nH]nc(NC(=O)CCn2ccnc2)c1C. The molecule has 0 bridgehead atoms. The third kappa shape index (κ3) is 2.72. The maximum absolute atomic E-state index is 11.7. The number of H-pyrrole nitrogens is 1. The summed E-state index contributed by atoms with van der Waals surface area (Å²) in [6, 6.07) is 0. The summed E-state index contributed by atoms with van der Waals surface area (Å²) >= 11 is 0.